The fraction of sp³-hybridized carbons (Fsp3) is 0.375. The monoisotopic (exact) mass is 428 g/mol. The number of amides is 2. The van der Waals surface area contributed by atoms with Crippen molar-refractivity contribution in [3.05, 3.63) is 71.0 Å². The van der Waals surface area contributed by atoms with Crippen molar-refractivity contribution in [2.24, 2.45) is 5.92 Å². The third-order valence-corrected chi connectivity index (χ3v) is 4.88. The maximum absolute atomic E-state index is 13.1. The second-order valence-corrected chi connectivity index (χ2v) is 7.93. The highest BCUT2D eigenvalue weighted by Gasteiger charge is 2.29. The maximum Gasteiger partial charge on any atom is 0.329 e. The number of hydrogen-bond acceptors (Lipinski definition) is 4. The number of benzene rings is 2. The third-order valence-electron chi connectivity index (χ3n) is 4.88. The van der Waals surface area contributed by atoms with Crippen LogP contribution in [0, 0.1) is 18.7 Å². The minimum Gasteiger partial charge on any atom is -0.451 e. The molecule has 6 nitrogen and oxygen atoms in total. The Hall–Kier alpha value is -3.22. The summed E-state index contributed by atoms with van der Waals surface area (Å²) in [5.41, 5.74) is 2.09. The van der Waals surface area contributed by atoms with Gasteiger partial charge in [0.2, 0.25) is 0 Å². The lowest BCUT2D eigenvalue weighted by Crippen LogP contribution is -2.47. The summed E-state index contributed by atoms with van der Waals surface area (Å²) in [5, 5.41) is 5.43. The molecule has 0 fully saturated rings. The molecule has 0 aliphatic carbocycles. The molecule has 2 amide bonds. The normalized spacial score (nSPS) is 13.8. The smallest absolute Gasteiger partial charge is 0.329 e. The molecule has 0 heterocycles. The summed E-state index contributed by atoms with van der Waals surface area (Å²) in [6.45, 7) is 8.65. The van der Waals surface area contributed by atoms with E-state index in [0.717, 1.165) is 11.1 Å². The van der Waals surface area contributed by atoms with Crippen molar-refractivity contribution in [2.75, 3.05) is 0 Å². The number of ether oxygens (including phenoxy) is 1. The maximum atomic E-state index is 13.1. The Morgan fingerprint density at radius 2 is 1.58 bits per heavy atom. The van der Waals surface area contributed by atoms with Crippen LogP contribution in [-0.4, -0.2) is 29.9 Å². The Morgan fingerprint density at radius 3 is 2.16 bits per heavy atom. The zero-order chi connectivity index (χ0) is 23.1. The van der Waals surface area contributed by atoms with Gasteiger partial charge in [0, 0.05) is 5.56 Å². The summed E-state index contributed by atoms with van der Waals surface area (Å²) in [7, 11) is 0. The number of nitrogens with one attached hydrogen (secondary N) is 2. The molecule has 0 aromatic heterocycles. The number of carbonyl (C=O) groups is 3. The summed E-state index contributed by atoms with van der Waals surface area (Å²) in [6, 6.07) is 11.5. The van der Waals surface area contributed by atoms with Gasteiger partial charge in [0.15, 0.2) is 6.10 Å². The lowest BCUT2D eigenvalue weighted by Gasteiger charge is -2.24. The standard InChI is InChI=1S/C24H29FN2O4/c1-14(2)21(27-23(29)19-8-6-7-15(3)13-19)24(30)31-17(5)22(28)26-16(4)18-9-11-20(25)12-10-18/h6-14,16-17,21H,1-5H3,(H,26,28)(H,27,29). The van der Waals surface area contributed by atoms with Crippen LogP contribution in [0.15, 0.2) is 48.5 Å². The fourth-order valence-electron chi connectivity index (χ4n) is 2.98. The van der Waals surface area contributed by atoms with Crippen molar-refractivity contribution in [1.82, 2.24) is 10.6 Å². The van der Waals surface area contributed by atoms with Crippen LogP contribution in [0.5, 0.6) is 0 Å². The molecule has 0 spiro atoms. The zero-order valence-electron chi connectivity index (χ0n) is 18.4. The molecule has 2 aromatic carbocycles. The van der Waals surface area contributed by atoms with Crippen LogP contribution < -0.4 is 10.6 Å². The summed E-state index contributed by atoms with van der Waals surface area (Å²) in [6.07, 6.45) is -1.06. The average molecular weight is 429 g/mol. The first-order valence-corrected chi connectivity index (χ1v) is 10.2. The van der Waals surface area contributed by atoms with Gasteiger partial charge in [-0.3, -0.25) is 9.59 Å². The van der Waals surface area contributed by atoms with Crippen LogP contribution in [0.25, 0.3) is 0 Å². The SMILES string of the molecule is Cc1cccc(C(=O)NC(C(=O)OC(C)C(=O)NC(C)c2ccc(F)cc2)C(C)C)c1. The van der Waals surface area contributed by atoms with Crippen LogP contribution in [0.3, 0.4) is 0 Å². The number of esters is 1. The summed E-state index contributed by atoms with van der Waals surface area (Å²) >= 11 is 0. The molecular formula is C24H29FN2O4. The van der Waals surface area contributed by atoms with Gasteiger partial charge in [0.25, 0.3) is 11.8 Å². The van der Waals surface area contributed by atoms with Gasteiger partial charge in [0.05, 0.1) is 6.04 Å². The van der Waals surface area contributed by atoms with E-state index in [4.69, 9.17) is 4.74 Å². The van der Waals surface area contributed by atoms with E-state index in [1.54, 1.807) is 51.1 Å². The number of halogens is 1. The Morgan fingerprint density at radius 1 is 0.935 bits per heavy atom. The van der Waals surface area contributed by atoms with Crippen molar-refractivity contribution in [3.63, 3.8) is 0 Å². The summed E-state index contributed by atoms with van der Waals surface area (Å²) < 4.78 is 18.4. The molecule has 2 rings (SSSR count). The zero-order valence-corrected chi connectivity index (χ0v) is 18.4. The van der Waals surface area contributed by atoms with Gasteiger partial charge in [-0.25, -0.2) is 9.18 Å². The molecule has 0 bridgehead atoms. The van der Waals surface area contributed by atoms with Crippen LogP contribution in [0.2, 0.25) is 0 Å². The van der Waals surface area contributed by atoms with E-state index in [0.29, 0.717) is 5.56 Å². The Labute approximate surface area is 182 Å². The quantitative estimate of drug-likeness (QED) is 0.628. The molecule has 0 saturated carbocycles. The Bertz CT molecular complexity index is 927. The van der Waals surface area contributed by atoms with Crippen LogP contribution in [0.4, 0.5) is 4.39 Å². The van der Waals surface area contributed by atoms with E-state index in [9.17, 15) is 18.8 Å². The average Bonchev–Trinajstić information content (AvgIpc) is 2.71. The highest BCUT2D eigenvalue weighted by molar-refractivity contribution is 5.97. The molecule has 0 radical (unpaired) electrons. The molecule has 2 N–H and O–H groups in total. The predicted octanol–water partition coefficient (Wildman–Crippen LogP) is 3.70. The number of rotatable bonds is 8. The predicted molar refractivity (Wildman–Crippen MR) is 116 cm³/mol. The third kappa shape index (κ3) is 6.91. The van der Waals surface area contributed by atoms with Gasteiger partial charge < -0.3 is 15.4 Å². The molecule has 31 heavy (non-hydrogen) atoms. The molecule has 0 saturated heterocycles. The van der Waals surface area contributed by atoms with Gasteiger partial charge in [-0.15, -0.1) is 0 Å². The van der Waals surface area contributed by atoms with Crippen molar-refractivity contribution in [1.29, 1.82) is 0 Å². The van der Waals surface area contributed by atoms with E-state index in [-0.39, 0.29) is 17.6 Å². The molecular weight excluding hydrogens is 399 g/mol. The minimum absolute atomic E-state index is 0.241. The van der Waals surface area contributed by atoms with E-state index in [1.807, 2.05) is 13.0 Å². The van der Waals surface area contributed by atoms with Crippen molar-refractivity contribution < 1.29 is 23.5 Å². The lowest BCUT2D eigenvalue weighted by atomic mass is 10.0. The molecule has 2 aromatic rings. The number of aryl methyl sites for hydroxylation is 1. The Balaban J connectivity index is 1.98. The fourth-order valence-corrected chi connectivity index (χ4v) is 2.98. The van der Waals surface area contributed by atoms with Gasteiger partial charge in [-0.1, -0.05) is 43.7 Å². The molecule has 0 aliphatic rings. The van der Waals surface area contributed by atoms with E-state index in [2.05, 4.69) is 10.6 Å². The van der Waals surface area contributed by atoms with E-state index >= 15 is 0 Å². The lowest BCUT2D eigenvalue weighted by molar-refractivity contribution is -0.157. The van der Waals surface area contributed by atoms with Gasteiger partial charge in [-0.05, 0) is 56.5 Å². The van der Waals surface area contributed by atoms with Gasteiger partial charge in [0.1, 0.15) is 11.9 Å². The molecule has 0 aliphatic heterocycles. The van der Waals surface area contributed by atoms with Gasteiger partial charge in [-0.2, -0.15) is 0 Å². The topological polar surface area (TPSA) is 84.5 Å². The molecule has 7 heteroatoms. The first-order chi connectivity index (χ1) is 14.6. The van der Waals surface area contributed by atoms with Crippen molar-refractivity contribution in [3.8, 4) is 0 Å². The van der Waals surface area contributed by atoms with Gasteiger partial charge >= 0.3 is 5.97 Å². The van der Waals surface area contributed by atoms with Crippen molar-refractivity contribution >= 4 is 17.8 Å². The second kappa shape index (κ2) is 10.7. The van der Waals surface area contributed by atoms with Crippen LogP contribution in [0.1, 0.15) is 55.2 Å². The van der Waals surface area contributed by atoms with Crippen LogP contribution in [-0.2, 0) is 14.3 Å². The summed E-state index contributed by atoms with van der Waals surface area (Å²) in [4.78, 5) is 37.7. The molecule has 166 valence electrons. The van der Waals surface area contributed by atoms with E-state index in [1.165, 1.54) is 19.1 Å². The highest BCUT2D eigenvalue weighted by atomic mass is 19.1. The molecule has 3 unspecified atom stereocenters. The minimum atomic E-state index is -1.06. The first-order valence-electron chi connectivity index (χ1n) is 10.2. The Kier molecular flexibility index (Phi) is 8.30. The largest absolute Gasteiger partial charge is 0.451 e. The van der Waals surface area contributed by atoms with Crippen LogP contribution >= 0.6 is 0 Å². The number of hydrogen-bond donors (Lipinski definition) is 2. The first kappa shape index (κ1) is 24.1. The second-order valence-electron chi connectivity index (χ2n) is 7.93. The number of carbonyl (C=O) groups excluding carboxylic acids is 3. The highest BCUT2D eigenvalue weighted by Crippen LogP contribution is 2.14. The van der Waals surface area contributed by atoms with Crippen molar-refractivity contribution in [2.45, 2.75) is 52.8 Å². The summed E-state index contributed by atoms with van der Waals surface area (Å²) in [5.74, 6) is -2.17. The van der Waals surface area contributed by atoms with E-state index < -0.39 is 30.1 Å². The molecule has 3 atom stereocenters.